The maximum Gasteiger partial charge on any atom is 0.163 e. The Labute approximate surface area is 95.4 Å². The molecule has 0 aromatic heterocycles. The molecule has 0 fully saturated rings. The Hall–Kier alpha value is -1.41. The van der Waals surface area contributed by atoms with Crippen molar-refractivity contribution in [2.75, 3.05) is 13.1 Å². The van der Waals surface area contributed by atoms with E-state index in [1.54, 1.807) is 0 Å². The molecule has 2 heteroatoms. The van der Waals surface area contributed by atoms with Crippen molar-refractivity contribution in [3.05, 3.63) is 41.0 Å². The first-order valence-electron chi connectivity index (χ1n) is 5.91. The highest BCUT2D eigenvalue weighted by Crippen LogP contribution is 2.31. The Bertz CT molecular complexity index is 474. The summed E-state index contributed by atoms with van der Waals surface area (Å²) < 4.78 is 0. The van der Waals surface area contributed by atoms with Gasteiger partial charge >= 0.3 is 0 Å². The number of benzene rings is 1. The third-order valence-electron chi connectivity index (χ3n) is 3.49. The molecular weight excluding hydrogens is 198 g/mol. The molecule has 1 aliphatic heterocycles. The molecule has 0 spiro atoms. The van der Waals surface area contributed by atoms with Gasteiger partial charge in [0.2, 0.25) is 0 Å². The van der Waals surface area contributed by atoms with Crippen molar-refractivity contribution < 1.29 is 4.79 Å². The zero-order valence-electron chi connectivity index (χ0n) is 9.25. The molecule has 2 nitrogen and oxygen atoms in total. The Morgan fingerprint density at radius 1 is 1.06 bits per heavy atom. The van der Waals surface area contributed by atoms with Crippen molar-refractivity contribution in [1.82, 2.24) is 5.32 Å². The Kier molecular flexibility index (Phi) is 2.37. The largest absolute Gasteiger partial charge is 0.313 e. The van der Waals surface area contributed by atoms with Gasteiger partial charge in [-0.05, 0) is 36.1 Å². The third-order valence-corrected chi connectivity index (χ3v) is 3.49. The van der Waals surface area contributed by atoms with E-state index >= 15 is 0 Å². The number of nitrogens with one attached hydrogen (secondary N) is 1. The first-order valence-corrected chi connectivity index (χ1v) is 5.91. The maximum absolute atomic E-state index is 11.7. The van der Waals surface area contributed by atoms with Gasteiger partial charge in [0.05, 0.1) is 0 Å². The fourth-order valence-electron chi connectivity index (χ4n) is 2.66. The van der Waals surface area contributed by atoms with E-state index in [0.717, 1.165) is 31.5 Å². The van der Waals surface area contributed by atoms with Crippen LogP contribution in [0.25, 0.3) is 5.57 Å². The summed E-state index contributed by atoms with van der Waals surface area (Å²) >= 11 is 0. The lowest BCUT2D eigenvalue weighted by Gasteiger charge is -2.16. The number of carbonyl (C=O) groups is 1. The average Bonchev–Trinajstić information content (AvgIpc) is 2.73. The molecule has 0 saturated carbocycles. The van der Waals surface area contributed by atoms with E-state index in [1.165, 1.54) is 16.7 Å². The van der Waals surface area contributed by atoms with Crippen molar-refractivity contribution in [3.8, 4) is 0 Å². The summed E-state index contributed by atoms with van der Waals surface area (Å²) in [7, 11) is 0. The first-order chi connectivity index (χ1) is 7.86. The minimum atomic E-state index is 0.311. The van der Waals surface area contributed by atoms with Gasteiger partial charge in [-0.2, -0.15) is 0 Å². The fourth-order valence-corrected chi connectivity index (χ4v) is 2.66. The van der Waals surface area contributed by atoms with Crippen molar-refractivity contribution in [2.24, 2.45) is 0 Å². The Morgan fingerprint density at radius 2 is 1.94 bits per heavy atom. The Morgan fingerprint density at radius 3 is 2.75 bits per heavy atom. The summed E-state index contributed by atoms with van der Waals surface area (Å²) in [6.07, 6.45) is 4.94. The van der Waals surface area contributed by atoms with Crippen LogP contribution in [0.4, 0.5) is 0 Å². The molecule has 1 aliphatic carbocycles. The molecule has 0 saturated heterocycles. The standard InChI is InChI=1S/C14H15NO/c16-14-5-4-12-11(2-1-3-13(12)14)10-6-8-15-9-7-10/h1-3,6,15H,4-5,7-9H2. The van der Waals surface area contributed by atoms with Crippen LogP contribution in [0.1, 0.15) is 34.3 Å². The van der Waals surface area contributed by atoms with Crippen LogP contribution < -0.4 is 5.32 Å². The number of carbonyl (C=O) groups excluding carboxylic acids is 1. The van der Waals surface area contributed by atoms with Crippen LogP contribution in [0, 0.1) is 0 Å². The molecule has 1 N–H and O–H groups in total. The van der Waals surface area contributed by atoms with E-state index in [-0.39, 0.29) is 0 Å². The third kappa shape index (κ3) is 1.50. The number of hydrogen-bond donors (Lipinski definition) is 1. The van der Waals surface area contributed by atoms with Gasteiger partial charge < -0.3 is 5.32 Å². The van der Waals surface area contributed by atoms with Crippen LogP contribution in [0.2, 0.25) is 0 Å². The number of hydrogen-bond acceptors (Lipinski definition) is 2. The van der Waals surface area contributed by atoms with Crippen LogP contribution in [-0.2, 0) is 6.42 Å². The highest BCUT2D eigenvalue weighted by Gasteiger charge is 2.23. The lowest BCUT2D eigenvalue weighted by atomic mass is 9.93. The van der Waals surface area contributed by atoms with Crippen molar-refractivity contribution in [3.63, 3.8) is 0 Å². The second kappa shape index (κ2) is 3.87. The van der Waals surface area contributed by atoms with Gasteiger partial charge in [-0.1, -0.05) is 24.3 Å². The monoisotopic (exact) mass is 213 g/mol. The predicted molar refractivity (Wildman–Crippen MR) is 64.6 cm³/mol. The summed E-state index contributed by atoms with van der Waals surface area (Å²) in [5.74, 6) is 0.311. The van der Waals surface area contributed by atoms with E-state index < -0.39 is 0 Å². The van der Waals surface area contributed by atoms with E-state index in [4.69, 9.17) is 0 Å². The second-order valence-corrected chi connectivity index (χ2v) is 4.44. The van der Waals surface area contributed by atoms with Crippen molar-refractivity contribution in [1.29, 1.82) is 0 Å². The molecule has 2 aliphatic rings. The first kappa shape index (κ1) is 9.79. The SMILES string of the molecule is O=C1CCc2c1cccc2C1=CCNCC1. The molecular formula is C14H15NO. The molecule has 0 bridgehead atoms. The van der Waals surface area contributed by atoms with Crippen molar-refractivity contribution in [2.45, 2.75) is 19.3 Å². The number of Topliss-reactive ketones (excluding diaryl/α,β-unsaturated/α-hetero) is 1. The minimum Gasteiger partial charge on any atom is -0.313 e. The molecule has 0 unspecified atom stereocenters. The molecule has 82 valence electrons. The zero-order chi connectivity index (χ0) is 11.0. The van der Waals surface area contributed by atoms with Crippen LogP contribution in [0.15, 0.2) is 24.3 Å². The van der Waals surface area contributed by atoms with Gasteiger partial charge in [0, 0.05) is 18.5 Å². The number of ketones is 1. The van der Waals surface area contributed by atoms with Gasteiger partial charge in [0.15, 0.2) is 5.78 Å². The van der Waals surface area contributed by atoms with Crippen LogP contribution in [0.3, 0.4) is 0 Å². The molecule has 3 rings (SSSR count). The van der Waals surface area contributed by atoms with Crippen molar-refractivity contribution >= 4 is 11.4 Å². The highest BCUT2D eigenvalue weighted by molar-refractivity contribution is 6.01. The smallest absolute Gasteiger partial charge is 0.163 e. The number of fused-ring (bicyclic) bond motifs is 1. The average molecular weight is 213 g/mol. The van der Waals surface area contributed by atoms with E-state index in [1.807, 2.05) is 12.1 Å². The quantitative estimate of drug-likeness (QED) is 0.774. The molecule has 1 aromatic carbocycles. The zero-order valence-corrected chi connectivity index (χ0v) is 9.25. The molecule has 0 atom stereocenters. The summed E-state index contributed by atoms with van der Waals surface area (Å²) in [5, 5.41) is 3.32. The fraction of sp³-hybridized carbons (Fsp3) is 0.357. The molecule has 1 aromatic rings. The predicted octanol–water partition coefficient (Wildman–Crippen LogP) is 2.19. The van der Waals surface area contributed by atoms with E-state index in [2.05, 4.69) is 17.5 Å². The molecule has 1 heterocycles. The molecule has 0 amide bonds. The van der Waals surface area contributed by atoms with Gasteiger partial charge in [-0.15, -0.1) is 0 Å². The number of rotatable bonds is 1. The second-order valence-electron chi connectivity index (χ2n) is 4.44. The summed E-state index contributed by atoms with van der Waals surface area (Å²) in [5.41, 5.74) is 4.95. The molecule has 16 heavy (non-hydrogen) atoms. The maximum atomic E-state index is 11.7. The lowest BCUT2D eigenvalue weighted by molar-refractivity contribution is 0.0994. The van der Waals surface area contributed by atoms with E-state index in [9.17, 15) is 4.79 Å². The van der Waals surface area contributed by atoms with Gasteiger partial charge in [-0.3, -0.25) is 4.79 Å². The normalized spacial score (nSPS) is 19.5. The Balaban J connectivity index is 2.08. The van der Waals surface area contributed by atoms with Crippen LogP contribution in [-0.4, -0.2) is 18.9 Å². The lowest BCUT2D eigenvalue weighted by Crippen LogP contribution is -2.20. The summed E-state index contributed by atoms with van der Waals surface area (Å²) in [6.45, 7) is 2.00. The van der Waals surface area contributed by atoms with Crippen LogP contribution >= 0.6 is 0 Å². The minimum absolute atomic E-state index is 0.311. The van der Waals surface area contributed by atoms with Gasteiger partial charge in [0.1, 0.15) is 0 Å². The molecule has 0 radical (unpaired) electrons. The summed E-state index contributed by atoms with van der Waals surface area (Å²) in [6, 6.07) is 6.14. The van der Waals surface area contributed by atoms with Crippen LogP contribution in [0.5, 0.6) is 0 Å². The topological polar surface area (TPSA) is 29.1 Å². The highest BCUT2D eigenvalue weighted by atomic mass is 16.1. The summed E-state index contributed by atoms with van der Waals surface area (Å²) in [4.78, 5) is 11.7. The van der Waals surface area contributed by atoms with Gasteiger partial charge in [0.25, 0.3) is 0 Å². The van der Waals surface area contributed by atoms with E-state index in [0.29, 0.717) is 12.2 Å². The van der Waals surface area contributed by atoms with Gasteiger partial charge in [-0.25, -0.2) is 0 Å².